The number of alkyl halides is 1. The second-order valence-corrected chi connectivity index (χ2v) is 10.5. The number of ether oxygens (including phenoxy) is 1. The molecular formula is C25H32ClFN2O3S. The summed E-state index contributed by atoms with van der Waals surface area (Å²) in [5, 5.41) is 2.00. The van der Waals surface area contributed by atoms with E-state index in [0.29, 0.717) is 26.2 Å². The summed E-state index contributed by atoms with van der Waals surface area (Å²) in [5.74, 6) is -0.475. The van der Waals surface area contributed by atoms with Crippen LogP contribution in [0, 0.1) is 18.2 Å². The number of nitrogens with zero attached hydrogens (tertiary/aromatic N) is 2. The van der Waals surface area contributed by atoms with Crippen LogP contribution in [-0.4, -0.2) is 53.3 Å². The lowest BCUT2D eigenvalue weighted by molar-refractivity contribution is -0.147. The highest BCUT2D eigenvalue weighted by Crippen LogP contribution is 2.24. The van der Waals surface area contributed by atoms with Crippen LogP contribution in [0.5, 0.6) is 0 Å². The fourth-order valence-corrected chi connectivity index (χ4v) is 4.82. The molecule has 2 amide bonds. The Morgan fingerprint density at radius 2 is 1.91 bits per heavy atom. The SMILES string of the molecule is Cc1ccsc1CN(Cc1ccc(F)cc1)C(=O)CN(CC1CCCO1)C(=O)C(C)(C)CCl. The minimum atomic E-state index is -0.785. The largest absolute Gasteiger partial charge is 0.376 e. The second-order valence-electron chi connectivity index (χ2n) is 9.24. The average molecular weight is 495 g/mol. The molecule has 33 heavy (non-hydrogen) atoms. The molecular weight excluding hydrogens is 463 g/mol. The fourth-order valence-electron chi connectivity index (χ4n) is 3.78. The van der Waals surface area contributed by atoms with Gasteiger partial charge in [-0.1, -0.05) is 12.1 Å². The number of benzene rings is 1. The maximum absolute atomic E-state index is 13.5. The van der Waals surface area contributed by atoms with Crippen LogP contribution in [0.3, 0.4) is 0 Å². The molecule has 5 nitrogen and oxygen atoms in total. The van der Waals surface area contributed by atoms with Crippen LogP contribution in [0.1, 0.15) is 42.7 Å². The van der Waals surface area contributed by atoms with Gasteiger partial charge in [-0.25, -0.2) is 4.39 Å². The van der Waals surface area contributed by atoms with E-state index >= 15 is 0 Å². The Bertz CT molecular complexity index is 941. The molecule has 2 heterocycles. The van der Waals surface area contributed by atoms with E-state index in [1.165, 1.54) is 12.1 Å². The molecule has 1 aliphatic heterocycles. The first-order chi connectivity index (χ1) is 15.7. The lowest BCUT2D eigenvalue weighted by atomic mass is 9.94. The molecule has 3 rings (SSSR count). The number of thiophene rings is 1. The topological polar surface area (TPSA) is 49.9 Å². The Hall–Kier alpha value is -1.96. The van der Waals surface area contributed by atoms with Crippen molar-refractivity contribution in [2.45, 2.75) is 52.8 Å². The molecule has 1 fully saturated rings. The first kappa shape index (κ1) is 25.7. The van der Waals surface area contributed by atoms with Crippen LogP contribution < -0.4 is 0 Å². The van der Waals surface area contributed by atoms with Crippen molar-refractivity contribution in [3.63, 3.8) is 0 Å². The second kappa shape index (κ2) is 11.4. The smallest absolute Gasteiger partial charge is 0.242 e. The summed E-state index contributed by atoms with van der Waals surface area (Å²) in [6.07, 6.45) is 1.75. The first-order valence-corrected chi connectivity index (χ1v) is 12.6. The standard InChI is InChI=1S/C25H32ClFN2O3S/c1-18-10-12-33-22(18)15-28(13-19-6-8-20(27)9-7-19)23(30)16-29(14-21-5-4-11-32-21)24(31)25(2,3)17-26/h6-10,12,21H,4-5,11,13-17H2,1-3H3. The van der Waals surface area contributed by atoms with Crippen molar-refractivity contribution in [2.75, 3.05) is 25.6 Å². The van der Waals surface area contributed by atoms with Crippen molar-refractivity contribution in [2.24, 2.45) is 5.41 Å². The van der Waals surface area contributed by atoms with Crippen molar-refractivity contribution in [3.05, 3.63) is 57.5 Å². The summed E-state index contributed by atoms with van der Waals surface area (Å²) < 4.78 is 19.1. The lowest BCUT2D eigenvalue weighted by Gasteiger charge is -2.33. The average Bonchev–Trinajstić information content (AvgIpc) is 3.45. The number of carbonyl (C=O) groups is 2. The van der Waals surface area contributed by atoms with Crippen molar-refractivity contribution >= 4 is 34.8 Å². The molecule has 0 bridgehead atoms. The number of aryl methyl sites for hydroxylation is 1. The van der Waals surface area contributed by atoms with Gasteiger partial charge in [0.2, 0.25) is 11.8 Å². The van der Waals surface area contributed by atoms with E-state index in [0.717, 1.165) is 28.8 Å². The van der Waals surface area contributed by atoms with Gasteiger partial charge >= 0.3 is 0 Å². The van der Waals surface area contributed by atoms with Crippen LogP contribution in [-0.2, 0) is 27.4 Å². The minimum Gasteiger partial charge on any atom is -0.376 e. The van der Waals surface area contributed by atoms with Gasteiger partial charge in [-0.3, -0.25) is 9.59 Å². The Balaban J connectivity index is 1.81. The van der Waals surface area contributed by atoms with Gasteiger partial charge in [-0.2, -0.15) is 0 Å². The third kappa shape index (κ3) is 7.01. The molecule has 0 saturated carbocycles. The molecule has 180 valence electrons. The van der Waals surface area contributed by atoms with Gasteiger partial charge in [0.1, 0.15) is 5.82 Å². The zero-order valence-corrected chi connectivity index (χ0v) is 21.1. The molecule has 0 radical (unpaired) electrons. The Kier molecular flexibility index (Phi) is 8.90. The Morgan fingerprint density at radius 3 is 2.48 bits per heavy atom. The highest BCUT2D eigenvalue weighted by atomic mass is 35.5. The number of carbonyl (C=O) groups excluding carboxylic acids is 2. The Labute approximate surface area is 204 Å². The van der Waals surface area contributed by atoms with E-state index < -0.39 is 5.41 Å². The zero-order chi connectivity index (χ0) is 24.0. The lowest BCUT2D eigenvalue weighted by Crippen LogP contribution is -2.49. The van der Waals surface area contributed by atoms with Gasteiger partial charge in [0.05, 0.1) is 24.6 Å². The van der Waals surface area contributed by atoms with E-state index in [4.69, 9.17) is 16.3 Å². The molecule has 1 atom stereocenters. The van der Waals surface area contributed by atoms with Gasteiger partial charge in [0.25, 0.3) is 0 Å². The van der Waals surface area contributed by atoms with Crippen LogP contribution in [0.25, 0.3) is 0 Å². The minimum absolute atomic E-state index is 0.0510. The monoisotopic (exact) mass is 494 g/mol. The molecule has 1 unspecified atom stereocenters. The van der Waals surface area contributed by atoms with Crippen LogP contribution in [0.2, 0.25) is 0 Å². The zero-order valence-electron chi connectivity index (χ0n) is 19.5. The molecule has 0 spiro atoms. The summed E-state index contributed by atoms with van der Waals surface area (Å²) in [6, 6.07) is 8.18. The van der Waals surface area contributed by atoms with E-state index in [2.05, 4.69) is 0 Å². The fraction of sp³-hybridized carbons (Fsp3) is 0.520. The molecule has 0 aliphatic carbocycles. The van der Waals surface area contributed by atoms with Crippen LogP contribution in [0.4, 0.5) is 4.39 Å². The third-order valence-corrected chi connectivity index (χ3v) is 7.59. The number of hydrogen-bond acceptors (Lipinski definition) is 4. The number of halogens is 2. The van der Waals surface area contributed by atoms with Crippen molar-refractivity contribution in [1.29, 1.82) is 0 Å². The van der Waals surface area contributed by atoms with Gasteiger partial charge in [0, 0.05) is 30.5 Å². The molecule has 1 saturated heterocycles. The summed E-state index contributed by atoms with van der Waals surface area (Å²) in [4.78, 5) is 31.2. The first-order valence-electron chi connectivity index (χ1n) is 11.2. The van der Waals surface area contributed by atoms with Crippen LogP contribution in [0.15, 0.2) is 35.7 Å². The maximum Gasteiger partial charge on any atom is 0.242 e. The van der Waals surface area contributed by atoms with Crippen molar-refractivity contribution < 1.29 is 18.7 Å². The highest BCUT2D eigenvalue weighted by molar-refractivity contribution is 7.10. The van der Waals surface area contributed by atoms with Gasteiger partial charge in [0.15, 0.2) is 0 Å². The van der Waals surface area contributed by atoms with E-state index in [1.807, 2.05) is 18.4 Å². The summed E-state index contributed by atoms with van der Waals surface area (Å²) in [5.41, 5.74) is 1.16. The maximum atomic E-state index is 13.5. The molecule has 1 aromatic carbocycles. The number of hydrogen-bond donors (Lipinski definition) is 0. The number of rotatable bonds is 10. The van der Waals surface area contributed by atoms with Crippen LogP contribution >= 0.6 is 22.9 Å². The van der Waals surface area contributed by atoms with E-state index in [9.17, 15) is 14.0 Å². The molecule has 1 aromatic heterocycles. The van der Waals surface area contributed by atoms with E-state index in [1.54, 1.807) is 47.1 Å². The predicted octanol–water partition coefficient (Wildman–Crippen LogP) is 5.00. The van der Waals surface area contributed by atoms with Gasteiger partial charge in [-0.15, -0.1) is 22.9 Å². The predicted molar refractivity (Wildman–Crippen MR) is 130 cm³/mol. The summed E-state index contributed by atoms with van der Waals surface area (Å²) in [6.45, 7) is 7.35. The summed E-state index contributed by atoms with van der Waals surface area (Å²) >= 11 is 7.67. The number of amides is 2. The molecule has 0 N–H and O–H groups in total. The van der Waals surface area contributed by atoms with Gasteiger partial charge in [-0.05, 0) is 68.3 Å². The quantitative estimate of drug-likeness (QED) is 0.437. The molecule has 1 aliphatic rings. The van der Waals surface area contributed by atoms with Crippen molar-refractivity contribution in [1.82, 2.24) is 9.80 Å². The molecule has 8 heteroatoms. The molecule has 2 aromatic rings. The van der Waals surface area contributed by atoms with Gasteiger partial charge < -0.3 is 14.5 Å². The van der Waals surface area contributed by atoms with E-state index in [-0.39, 0.29) is 36.2 Å². The van der Waals surface area contributed by atoms with Crippen molar-refractivity contribution in [3.8, 4) is 0 Å². The summed E-state index contributed by atoms with van der Waals surface area (Å²) in [7, 11) is 0. The highest BCUT2D eigenvalue weighted by Gasteiger charge is 2.35. The Morgan fingerprint density at radius 1 is 1.18 bits per heavy atom. The third-order valence-electron chi connectivity index (χ3n) is 5.92. The normalized spacial score (nSPS) is 16.1.